The highest BCUT2D eigenvalue weighted by Gasteiger charge is 2.23. The van der Waals surface area contributed by atoms with Crippen molar-refractivity contribution in [3.8, 4) is 0 Å². The average Bonchev–Trinajstić information content (AvgIpc) is 2.48. The molecule has 1 aliphatic rings. The lowest BCUT2D eigenvalue weighted by atomic mass is 10.1. The standard InChI is InChI=1S/C13H14ClN3O4/c1-21-8-9-2-4-16(5-3-9)13(18)11-6-10(17(19)20)7-15-12(11)14/h2,6-7H,3-5,8H2,1H3. The number of nitrogens with zero attached hydrogens (tertiary/aromatic N) is 3. The predicted octanol–water partition coefficient (Wildman–Crippen LogP) is 2.06. The molecule has 0 radical (unpaired) electrons. The molecule has 8 heteroatoms. The van der Waals surface area contributed by atoms with Gasteiger partial charge in [-0.3, -0.25) is 14.9 Å². The van der Waals surface area contributed by atoms with Crippen molar-refractivity contribution < 1.29 is 14.5 Å². The molecule has 2 heterocycles. The number of rotatable bonds is 4. The molecule has 0 aliphatic carbocycles. The van der Waals surface area contributed by atoms with Gasteiger partial charge in [0.1, 0.15) is 11.3 Å². The number of methoxy groups -OCH3 is 1. The smallest absolute Gasteiger partial charge is 0.288 e. The van der Waals surface area contributed by atoms with Crippen LogP contribution >= 0.6 is 11.6 Å². The second kappa shape index (κ2) is 6.64. The molecule has 0 saturated carbocycles. The second-order valence-corrected chi connectivity index (χ2v) is 4.94. The van der Waals surface area contributed by atoms with Gasteiger partial charge in [0.25, 0.3) is 11.6 Å². The van der Waals surface area contributed by atoms with Crippen molar-refractivity contribution in [2.75, 3.05) is 26.8 Å². The maximum Gasteiger partial charge on any atom is 0.288 e. The fourth-order valence-corrected chi connectivity index (χ4v) is 2.25. The lowest BCUT2D eigenvalue weighted by Crippen LogP contribution is -2.35. The van der Waals surface area contributed by atoms with E-state index in [4.69, 9.17) is 16.3 Å². The van der Waals surface area contributed by atoms with Gasteiger partial charge in [-0.15, -0.1) is 0 Å². The highest BCUT2D eigenvalue weighted by Crippen LogP contribution is 2.22. The van der Waals surface area contributed by atoms with E-state index in [9.17, 15) is 14.9 Å². The maximum absolute atomic E-state index is 12.4. The van der Waals surface area contributed by atoms with Crippen molar-refractivity contribution in [1.82, 2.24) is 9.88 Å². The third-order valence-corrected chi connectivity index (χ3v) is 3.49. The Morgan fingerprint density at radius 3 is 2.95 bits per heavy atom. The van der Waals surface area contributed by atoms with Gasteiger partial charge in [0.2, 0.25) is 0 Å². The van der Waals surface area contributed by atoms with Crippen LogP contribution < -0.4 is 0 Å². The molecule has 7 nitrogen and oxygen atoms in total. The van der Waals surface area contributed by atoms with E-state index < -0.39 is 4.92 Å². The van der Waals surface area contributed by atoms with Gasteiger partial charge < -0.3 is 9.64 Å². The molecule has 21 heavy (non-hydrogen) atoms. The predicted molar refractivity (Wildman–Crippen MR) is 76.4 cm³/mol. The molecule has 0 unspecified atom stereocenters. The molecule has 1 aromatic rings. The van der Waals surface area contributed by atoms with Crippen LogP contribution in [-0.4, -0.2) is 47.5 Å². The minimum Gasteiger partial charge on any atom is -0.380 e. The third kappa shape index (κ3) is 3.56. The fourth-order valence-electron chi connectivity index (χ4n) is 2.07. The van der Waals surface area contributed by atoms with Crippen LogP contribution in [0.25, 0.3) is 0 Å². The van der Waals surface area contributed by atoms with Crippen LogP contribution in [0.3, 0.4) is 0 Å². The summed E-state index contributed by atoms with van der Waals surface area (Å²) < 4.78 is 5.05. The van der Waals surface area contributed by atoms with Crippen molar-refractivity contribution in [2.45, 2.75) is 6.42 Å². The summed E-state index contributed by atoms with van der Waals surface area (Å²) in [6, 6.07) is 1.16. The topological polar surface area (TPSA) is 85.6 Å². The molecule has 112 valence electrons. The van der Waals surface area contributed by atoms with Gasteiger partial charge in [-0.05, 0) is 12.0 Å². The largest absolute Gasteiger partial charge is 0.380 e. The summed E-state index contributed by atoms with van der Waals surface area (Å²) in [6.07, 6.45) is 3.66. The number of halogens is 1. The minimum absolute atomic E-state index is 0.0303. The quantitative estimate of drug-likeness (QED) is 0.368. The van der Waals surface area contributed by atoms with Crippen LogP contribution in [0.2, 0.25) is 5.15 Å². The molecule has 0 bridgehead atoms. The SMILES string of the molecule is COCC1=CCN(C(=O)c2cc([N+](=O)[O-])cnc2Cl)CC1. The molecular weight excluding hydrogens is 298 g/mol. The molecule has 1 aliphatic heterocycles. The van der Waals surface area contributed by atoms with Crippen molar-refractivity contribution >= 4 is 23.2 Å². The van der Waals surface area contributed by atoms with Gasteiger partial charge in [0.15, 0.2) is 0 Å². The lowest BCUT2D eigenvalue weighted by molar-refractivity contribution is -0.385. The van der Waals surface area contributed by atoms with Crippen molar-refractivity contribution in [1.29, 1.82) is 0 Å². The first kappa shape index (κ1) is 15.4. The number of pyridine rings is 1. The molecule has 0 aromatic carbocycles. The molecule has 0 fully saturated rings. The normalized spacial score (nSPS) is 14.8. The number of hydrogen-bond acceptors (Lipinski definition) is 5. The van der Waals surface area contributed by atoms with Crippen LogP contribution in [0.4, 0.5) is 5.69 Å². The second-order valence-electron chi connectivity index (χ2n) is 4.59. The van der Waals surface area contributed by atoms with E-state index in [-0.39, 0.29) is 22.3 Å². The number of carbonyl (C=O) groups is 1. The summed E-state index contributed by atoms with van der Waals surface area (Å²) in [4.78, 5) is 27.8. The molecule has 0 atom stereocenters. The highest BCUT2D eigenvalue weighted by molar-refractivity contribution is 6.32. The van der Waals surface area contributed by atoms with Gasteiger partial charge in [-0.1, -0.05) is 17.7 Å². The Morgan fingerprint density at radius 1 is 1.62 bits per heavy atom. The lowest BCUT2D eigenvalue weighted by Gasteiger charge is -2.26. The van der Waals surface area contributed by atoms with Gasteiger partial charge in [0, 0.05) is 26.3 Å². The fraction of sp³-hybridized carbons (Fsp3) is 0.385. The van der Waals surface area contributed by atoms with E-state index in [1.807, 2.05) is 6.08 Å². The minimum atomic E-state index is -0.604. The first-order chi connectivity index (χ1) is 10.0. The third-order valence-electron chi connectivity index (χ3n) is 3.19. The average molecular weight is 312 g/mol. The highest BCUT2D eigenvalue weighted by atomic mass is 35.5. The van der Waals surface area contributed by atoms with Crippen LogP contribution in [0, 0.1) is 10.1 Å². The summed E-state index contributed by atoms with van der Waals surface area (Å²) >= 11 is 5.88. The van der Waals surface area contributed by atoms with Gasteiger partial charge in [0.05, 0.1) is 17.1 Å². The van der Waals surface area contributed by atoms with E-state index >= 15 is 0 Å². The van der Waals surface area contributed by atoms with Crippen LogP contribution in [-0.2, 0) is 4.74 Å². The number of carbonyl (C=O) groups excluding carboxylic acids is 1. The molecule has 0 saturated heterocycles. The van der Waals surface area contributed by atoms with E-state index in [0.29, 0.717) is 26.1 Å². The summed E-state index contributed by atoms with van der Waals surface area (Å²) in [7, 11) is 1.62. The van der Waals surface area contributed by atoms with Crippen LogP contribution in [0.5, 0.6) is 0 Å². The first-order valence-corrected chi connectivity index (χ1v) is 6.66. The molecule has 0 N–H and O–H groups in total. The molecule has 0 spiro atoms. The molecule has 1 aromatic heterocycles. The Hall–Kier alpha value is -1.99. The first-order valence-electron chi connectivity index (χ1n) is 6.29. The Bertz CT molecular complexity index is 603. The summed E-state index contributed by atoms with van der Waals surface area (Å²) in [5.41, 5.74) is 0.926. The van der Waals surface area contributed by atoms with Crippen LogP contribution in [0.1, 0.15) is 16.8 Å². The summed E-state index contributed by atoms with van der Waals surface area (Å²) in [5.74, 6) is -0.357. The van der Waals surface area contributed by atoms with Gasteiger partial charge >= 0.3 is 0 Å². The Morgan fingerprint density at radius 2 is 2.38 bits per heavy atom. The Balaban J connectivity index is 2.18. The van der Waals surface area contributed by atoms with Gasteiger partial charge in [-0.2, -0.15) is 0 Å². The van der Waals surface area contributed by atoms with E-state index in [0.717, 1.165) is 17.8 Å². The Kier molecular flexibility index (Phi) is 4.87. The van der Waals surface area contributed by atoms with Crippen molar-refractivity contribution in [3.63, 3.8) is 0 Å². The van der Waals surface area contributed by atoms with Crippen molar-refractivity contribution in [3.05, 3.63) is 44.7 Å². The van der Waals surface area contributed by atoms with E-state index in [1.54, 1.807) is 12.0 Å². The zero-order valence-electron chi connectivity index (χ0n) is 11.4. The van der Waals surface area contributed by atoms with Crippen molar-refractivity contribution in [2.24, 2.45) is 0 Å². The Labute approximate surface area is 126 Å². The van der Waals surface area contributed by atoms with E-state index in [1.165, 1.54) is 0 Å². The number of amides is 1. The molecular formula is C13H14ClN3O4. The number of nitro groups is 1. The molecule has 1 amide bonds. The number of aromatic nitrogens is 1. The maximum atomic E-state index is 12.4. The van der Waals surface area contributed by atoms with Gasteiger partial charge in [-0.25, -0.2) is 4.98 Å². The van der Waals surface area contributed by atoms with E-state index in [2.05, 4.69) is 4.98 Å². The zero-order chi connectivity index (χ0) is 15.4. The number of ether oxygens (including phenoxy) is 1. The van der Waals surface area contributed by atoms with Crippen LogP contribution in [0.15, 0.2) is 23.9 Å². The zero-order valence-corrected chi connectivity index (χ0v) is 12.2. The number of hydrogen-bond donors (Lipinski definition) is 0. The molecule has 2 rings (SSSR count). The monoisotopic (exact) mass is 311 g/mol. The summed E-state index contributed by atoms with van der Waals surface area (Å²) in [6.45, 7) is 1.49. The summed E-state index contributed by atoms with van der Waals surface area (Å²) in [5, 5.41) is 10.7.